The predicted molar refractivity (Wildman–Crippen MR) is 32.0 cm³/mol. The van der Waals surface area contributed by atoms with Gasteiger partial charge in [-0.3, -0.25) is 0 Å². The summed E-state index contributed by atoms with van der Waals surface area (Å²) in [6.45, 7) is 0.417. The van der Waals surface area contributed by atoms with Gasteiger partial charge in [0.1, 0.15) is 18.0 Å². The van der Waals surface area contributed by atoms with Crippen LogP contribution in [-0.2, 0) is 11.3 Å². The Bertz CT molecular complexity index is 152. The molecule has 50 valence electrons. The Hall–Kier alpha value is -0.540. The van der Waals surface area contributed by atoms with Crippen LogP contribution in [0, 0.1) is 0 Å². The van der Waals surface area contributed by atoms with Crippen LogP contribution in [0.25, 0.3) is 0 Å². The number of rotatable bonds is 3. The molecule has 0 aliphatic carbocycles. The van der Waals surface area contributed by atoms with Crippen LogP contribution in [0.5, 0.6) is 0 Å². The smallest absolute Gasteiger partial charge is 0.180 e. The summed E-state index contributed by atoms with van der Waals surface area (Å²) in [4.78, 5) is 3.80. The van der Waals surface area contributed by atoms with Gasteiger partial charge in [0, 0.05) is 0 Å². The Morgan fingerprint density at radius 3 is 3.22 bits per heavy atom. The molecular weight excluding hydrogens is 142 g/mol. The molecule has 0 N–H and O–H groups in total. The van der Waals surface area contributed by atoms with Crippen molar-refractivity contribution in [3.05, 3.63) is 18.4 Å². The van der Waals surface area contributed by atoms with Gasteiger partial charge in [0.15, 0.2) is 6.39 Å². The van der Waals surface area contributed by atoms with Crippen molar-refractivity contribution in [1.29, 1.82) is 0 Å². The second-order valence-electron chi connectivity index (χ2n) is 1.44. The molecule has 0 saturated heterocycles. The molecule has 0 aromatic carbocycles. The summed E-state index contributed by atoms with van der Waals surface area (Å²) in [6, 6.07) is 0.187. The molecule has 1 aromatic rings. The first kappa shape index (κ1) is 6.58. The van der Waals surface area contributed by atoms with Gasteiger partial charge < -0.3 is 9.15 Å². The molecule has 1 heterocycles. The molecule has 0 fully saturated rings. The highest BCUT2D eigenvalue weighted by Gasteiger charge is 1.92. The zero-order chi connectivity index (χ0) is 6.53. The van der Waals surface area contributed by atoms with Crippen LogP contribution in [0.3, 0.4) is 0 Å². The van der Waals surface area contributed by atoms with Crippen molar-refractivity contribution in [3.63, 3.8) is 0 Å². The van der Waals surface area contributed by atoms with Gasteiger partial charge in [-0.15, -0.1) is 0 Å². The third kappa shape index (κ3) is 2.03. The van der Waals surface area contributed by atoms with Crippen molar-refractivity contribution in [2.75, 3.05) is 6.07 Å². The summed E-state index contributed by atoms with van der Waals surface area (Å²) in [5.74, 6) is 0. The molecule has 1 aromatic heterocycles. The van der Waals surface area contributed by atoms with Crippen molar-refractivity contribution in [3.8, 4) is 0 Å². The summed E-state index contributed by atoms with van der Waals surface area (Å²) in [7, 11) is 0. The predicted octanol–water partition coefficient (Wildman–Crippen LogP) is 1.39. The summed E-state index contributed by atoms with van der Waals surface area (Å²) in [5, 5.41) is 0. The molecule has 3 nitrogen and oxygen atoms in total. The third-order valence-electron chi connectivity index (χ3n) is 0.811. The number of aromatic nitrogens is 1. The molecule has 9 heavy (non-hydrogen) atoms. The SMILES string of the molecule is ClCOCc1cocn1. The van der Waals surface area contributed by atoms with E-state index in [2.05, 4.69) is 9.40 Å². The number of oxazole rings is 1. The second-order valence-corrected chi connectivity index (χ2v) is 1.66. The molecule has 4 heteroatoms. The standard InChI is InChI=1S/C5H6ClNO2/c6-3-8-1-5-2-9-4-7-5/h2,4H,1,3H2. The van der Waals surface area contributed by atoms with Gasteiger partial charge in [0.05, 0.1) is 6.61 Å². The lowest BCUT2D eigenvalue weighted by atomic mass is 10.5. The first-order chi connectivity index (χ1) is 4.43. The summed E-state index contributed by atoms with van der Waals surface area (Å²) >= 11 is 5.24. The second kappa shape index (κ2) is 3.48. The van der Waals surface area contributed by atoms with Gasteiger partial charge in [0.2, 0.25) is 0 Å². The molecule has 0 aliphatic rings. The van der Waals surface area contributed by atoms with Crippen LogP contribution in [0.15, 0.2) is 17.1 Å². The molecule has 1 rings (SSSR count). The number of hydrogen-bond acceptors (Lipinski definition) is 3. The zero-order valence-electron chi connectivity index (χ0n) is 4.71. The van der Waals surface area contributed by atoms with E-state index < -0.39 is 0 Å². The Kier molecular flexibility index (Phi) is 2.54. The van der Waals surface area contributed by atoms with Gasteiger partial charge >= 0.3 is 0 Å². The fraction of sp³-hybridized carbons (Fsp3) is 0.400. The first-order valence-electron chi connectivity index (χ1n) is 2.44. The highest BCUT2D eigenvalue weighted by molar-refractivity contribution is 6.17. The molecule has 0 amide bonds. The molecule has 0 atom stereocenters. The van der Waals surface area contributed by atoms with Crippen molar-refractivity contribution in [1.82, 2.24) is 4.98 Å². The Balaban J connectivity index is 2.30. The van der Waals surface area contributed by atoms with E-state index in [4.69, 9.17) is 16.3 Å². The summed E-state index contributed by atoms with van der Waals surface area (Å²) in [6.07, 6.45) is 2.87. The highest BCUT2D eigenvalue weighted by atomic mass is 35.5. The maximum atomic E-state index is 5.24. The third-order valence-corrected chi connectivity index (χ3v) is 0.965. The molecule has 0 radical (unpaired) electrons. The summed E-state index contributed by atoms with van der Waals surface area (Å²) in [5.41, 5.74) is 0.760. The number of hydrogen-bond donors (Lipinski definition) is 0. The summed E-state index contributed by atoms with van der Waals surface area (Å²) < 4.78 is 9.50. The number of nitrogens with zero attached hydrogens (tertiary/aromatic N) is 1. The average Bonchev–Trinajstić information content (AvgIpc) is 2.34. The van der Waals surface area contributed by atoms with E-state index in [1.165, 1.54) is 12.7 Å². The van der Waals surface area contributed by atoms with Gasteiger partial charge in [0.25, 0.3) is 0 Å². The first-order valence-corrected chi connectivity index (χ1v) is 2.97. The average molecular weight is 148 g/mol. The van der Waals surface area contributed by atoms with Crippen LogP contribution in [0.4, 0.5) is 0 Å². The van der Waals surface area contributed by atoms with E-state index in [9.17, 15) is 0 Å². The lowest BCUT2D eigenvalue weighted by Crippen LogP contribution is -1.88. The number of alkyl halides is 1. The number of ether oxygens (including phenoxy) is 1. The monoisotopic (exact) mass is 147 g/mol. The van der Waals surface area contributed by atoms with E-state index in [0.29, 0.717) is 6.61 Å². The van der Waals surface area contributed by atoms with E-state index >= 15 is 0 Å². The van der Waals surface area contributed by atoms with Crippen LogP contribution < -0.4 is 0 Å². The Morgan fingerprint density at radius 2 is 2.67 bits per heavy atom. The van der Waals surface area contributed by atoms with Crippen molar-refractivity contribution < 1.29 is 9.15 Å². The topological polar surface area (TPSA) is 35.3 Å². The Labute approximate surface area is 57.6 Å². The van der Waals surface area contributed by atoms with Crippen molar-refractivity contribution in [2.45, 2.75) is 6.61 Å². The van der Waals surface area contributed by atoms with E-state index in [1.54, 1.807) is 0 Å². The quantitative estimate of drug-likeness (QED) is 0.606. The van der Waals surface area contributed by atoms with Crippen molar-refractivity contribution in [2.24, 2.45) is 0 Å². The molecule has 0 spiro atoms. The normalized spacial score (nSPS) is 9.89. The van der Waals surface area contributed by atoms with Gasteiger partial charge in [-0.05, 0) is 0 Å². The zero-order valence-corrected chi connectivity index (χ0v) is 5.47. The minimum absolute atomic E-state index is 0.187. The van der Waals surface area contributed by atoms with Crippen LogP contribution in [0.2, 0.25) is 0 Å². The van der Waals surface area contributed by atoms with Crippen LogP contribution in [0.1, 0.15) is 5.69 Å². The minimum atomic E-state index is 0.187. The minimum Gasteiger partial charge on any atom is -0.451 e. The molecular formula is C5H6ClNO2. The molecule has 0 saturated carbocycles. The maximum Gasteiger partial charge on any atom is 0.180 e. The Morgan fingerprint density at radius 1 is 1.78 bits per heavy atom. The number of halogens is 1. The lowest BCUT2D eigenvalue weighted by molar-refractivity contribution is 0.162. The molecule has 0 aliphatic heterocycles. The van der Waals surface area contributed by atoms with Gasteiger partial charge in [-0.1, -0.05) is 11.6 Å². The van der Waals surface area contributed by atoms with Gasteiger partial charge in [-0.25, -0.2) is 4.98 Å². The molecule has 0 unspecified atom stereocenters. The van der Waals surface area contributed by atoms with E-state index in [0.717, 1.165) is 5.69 Å². The lowest BCUT2D eigenvalue weighted by Gasteiger charge is -1.91. The fourth-order valence-corrected chi connectivity index (χ4v) is 0.529. The van der Waals surface area contributed by atoms with E-state index in [-0.39, 0.29) is 6.07 Å². The van der Waals surface area contributed by atoms with Crippen molar-refractivity contribution >= 4 is 11.6 Å². The van der Waals surface area contributed by atoms with E-state index in [1.807, 2.05) is 0 Å². The maximum absolute atomic E-state index is 5.24. The highest BCUT2D eigenvalue weighted by Crippen LogP contribution is 1.96. The van der Waals surface area contributed by atoms with Crippen LogP contribution >= 0.6 is 11.6 Å². The van der Waals surface area contributed by atoms with Crippen LogP contribution in [-0.4, -0.2) is 11.1 Å². The van der Waals surface area contributed by atoms with Gasteiger partial charge in [-0.2, -0.15) is 0 Å². The largest absolute Gasteiger partial charge is 0.451 e. The molecule has 0 bridgehead atoms. The fourth-order valence-electron chi connectivity index (χ4n) is 0.452.